The number of nitrogens with one attached hydrogen (secondary N) is 1. The van der Waals surface area contributed by atoms with Crippen LogP contribution in [0.2, 0.25) is 0 Å². The van der Waals surface area contributed by atoms with E-state index in [1.807, 2.05) is 18.2 Å². The van der Waals surface area contributed by atoms with E-state index < -0.39 is 0 Å². The zero-order chi connectivity index (χ0) is 15.7. The van der Waals surface area contributed by atoms with Gasteiger partial charge in [0, 0.05) is 30.7 Å². The van der Waals surface area contributed by atoms with Gasteiger partial charge in [-0.05, 0) is 33.4 Å². The zero-order valence-corrected chi connectivity index (χ0v) is 14.0. The molecule has 0 aliphatic rings. The van der Waals surface area contributed by atoms with E-state index >= 15 is 0 Å². The van der Waals surface area contributed by atoms with Crippen LogP contribution in [-0.4, -0.2) is 36.7 Å². The topological polar surface area (TPSA) is 24.5 Å². The quantitative estimate of drug-likeness (QED) is 0.705. The molecule has 0 aliphatic carbocycles. The molecule has 0 unspecified atom stereocenters. The van der Waals surface area contributed by atoms with E-state index in [4.69, 9.17) is 4.74 Å². The first kappa shape index (κ1) is 17.7. The number of hydrogen-bond acceptors (Lipinski definition) is 3. The molecule has 0 amide bonds. The average molecular weight is 290 g/mol. The third-order valence-electron chi connectivity index (χ3n) is 3.28. The minimum atomic E-state index is 0.107. The van der Waals surface area contributed by atoms with Crippen LogP contribution in [0.1, 0.15) is 33.3 Å². The predicted molar refractivity (Wildman–Crippen MR) is 90.8 cm³/mol. The summed E-state index contributed by atoms with van der Waals surface area (Å²) >= 11 is 0. The molecule has 0 fully saturated rings. The van der Waals surface area contributed by atoms with Crippen molar-refractivity contribution in [3.63, 3.8) is 0 Å². The number of hydrogen-bond donors (Lipinski definition) is 1. The third-order valence-corrected chi connectivity index (χ3v) is 3.28. The monoisotopic (exact) mass is 290 g/mol. The summed E-state index contributed by atoms with van der Waals surface area (Å²) in [7, 11) is 0. The Labute approximate surface area is 130 Å². The SMILES string of the molecule is C=CCN(CC)CCOc1ccccc1CNC(C)(C)C. The van der Waals surface area contributed by atoms with Gasteiger partial charge in [0.1, 0.15) is 12.4 Å². The number of likely N-dealkylation sites (N-methyl/N-ethyl adjacent to an activating group) is 1. The Bertz CT molecular complexity index is 423. The maximum absolute atomic E-state index is 5.97. The summed E-state index contributed by atoms with van der Waals surface area (Å²) in [5.41, 5.74) is 1.31. The van der Waals surface area contributed by atoms with Crippen LogP contribution in [-0.2, 0) is 6.54 Å². The fourth-order valence-electron chi connectivity index (χ4n) is 2.00. The molecule has 118 valence electrons. The highest BCUT2D eigenvalue weighted by Gasteiger charge is 2.11. The van der Waals surface area contributed by atoms with Crippen LogP contribution >= 0.6 is 0 Å². The van der Waals surface area contributed by atoms with Gasteiger partial charge in [-0.25, -0.2) is 0 Å². The summed E-state index contributed by atoms with van der Waals surface area (Å²) in [5, 5.41) is 3.51. The van der Waals surface area contributed by atoms with Crippen molar-refractivity contribution in [1.29, 1.82) is 0 Å². The molecule has 0 radical (unpaired) electrons. The first-order valence-electron chi connectivity index (χ1n) is 7.75. The maximum atomic E-state index is 5.97. The lowest BCUT2D eigenvalue weighted by atomic mass is 10.1. The molecule has 1 aromatic carbocycles. The van der Waals surface area contributed by atoms with Gasteiger partial charge in [-0.15, -0.1) is 6.58 Å². The van der Waals surface area contributed by atoms with E-state index in [0.29, 0.717) is 6.61 Å². The number of nitrogens with zero attached hydrogens (tertiary/aromatic N) is 1. The maximum Gasteiger partial charge on any atom is 0.123 e. The molecule has 0 aliphatic heterocycles. The van der Waals surface area contributed by atoms with Gasteiger partial charge < -0.3 is 10.1 Å². The van der Waals surface area contributed by atoms with E-state index in [1.165, 1.54) is 5.56 Å². The van der Waals surface area contributed by atoms with Crippen molar-refractivity contribution in [3.8, 4) is 5.75 Å². The van der Waals surface area contributed by atoms with Crippen LogP contribution in [0.15, 0.2) is 36.9 Å². The molecule has 0 atom stereocenters. The fourth-order valence-corrected chi connectivity index (χ4v) is 2.00. The van der Waals surface area contributed by atoms with Crippen LogP contribution in [0.25, 0.3) is 0 Å². The van der Waals surface area contributed by atoms with Crippen molar-refractivity contribution in [1.82, 2.24) is 10.2 Å². The van der Waals surface area contributed by atoms with Crippen LogP contribution in [0.4, 0.5) is 0 Å². The molecule has 0 spiro atoms. The second-order valence-electron chi connectivity index (χ2n) is 6.24. The summed E-state index contributed by atoms with van der Waals surface area (Å²) < 4.78 is 5.97. The van der Waals surface area contributed by atoms with Gasteiger partial charge in [0.05, 0.1) is 0 Å². The van der Waals surface area contributed by atoms with Crippen molar-refractivity contribution in [3.05, 3.63) is 42.5 Å². The summed E-state index contributed by atoms with van der Waals surface area (Å²) in [4.78, 5) is 2.31. The van der Waals surface area contributed by atoms with Crippen LogP contribution < -0.4 is 10.1 Å². The van der Waals surface area contributed by atoms with Crippen molar-refractivity contribution >= 4 is 0 Å². The minimum absolute atomic E-state index is 0.107. The van der Waals surface area contributed by atoms with Crippen LogP contribution in [0.3, 0.4) is 0 Å². The van der Waals surface area contributed by atoms with Gasteiger partial charge in [-0.2, -0.15) is 0 Å². The molecule has 1 N–H and O–H groups in total. The van der Waals surface area contributed by atoms with Crippen LogP contribution in [0.5, 0.6) is 5.75 Å². The lowest BCUT2D eigenvalue weighted by Crippen LogP contribution is -2.35. The highest BCUT2D eigenvalue weighted by Crippen LogP contribution is 2.18. The number of rotatable bonds is 9. The van der Waals surface area contributed by atoms with Gasteiger partial charge in [0.15, 0.2) is 0 Å². The third kappa shape index (κ3) is 7.30. The summed E-state index contributed by atoms with van der Waals surface area (Å²) in [6.45, 7) is 16.8. The van der Waals surface area contributed by atoms with Crippen molar-refractivity contribution in [2.75, 3.05) is 26.2 Å². The molecular weight excluding hydrogens is 260 g/mol. The molecule has 0 saturated carbocycles. The Morgan fingerprint density at radius 1 is 1.29 bits per heavy atom. The molecular formula is C18H30N2O. The first-order chi connectivity index (χ1) is 9.96. The fraction of sp³-hybridized carbons (Fsp3) is 0.556. The lowest BCUT2D eigenvalue weighted by Gasteiger charge is -2.22. The van der Waals surface area contributed by atoms with Crippen LogP contribution in [0, 0.1) is 0 Å². The summed E-state index contributed by atoms with van der Waals surface area (Å²) in [5.74, 6) is 0.976. The molecule has 3 nitrogen and oxygen atoms in total. The van der Waals surface area contributed by atoms with E-state index in [2.05, 4.69) is 56.6 Å². The summed E-state index contributed by atoms with van der Waals surface area (Å²) in [6, 6.07) is 8.25. The summed E-state index contributed by atoms with van der Waals surface area (Å²) in [6.07, 6.45) is 1.94. The van der Waals surface area contributed by atoms with E-state index in [0.717, 1.165) is 31.9 Å². The van der Waals surface area contributed by atoms with Gasteiger partial charge in [-0.3, -0.25) is 4.90 Å². The van der Waals surface area contributed by atoms with Crippen molar-refractivity contribution < 1.29 is 4.74 Å². The molecule has 3 heteroatoms. The van der Waals surface area contributed by atoms with Gasteiger partial charge >= 0.3 is 0 Å². The smallest absolute Gasteiger partial charge is 0.123 e. The van der Waals surface area contributed by atoms with Gasteiger partial charge in [-0.1, -0.05) is 31.2 Å². The van der Waals surface area contributed by atoms with Crippen molar-refractivity contribution in [2.24, 2.45) is 0 Å². The van der Waals surface area contributed by atoms with Crippen molar-refractivity contribution in [2.45, 2.75) is 39.8 Å². The van der Waals surface area contributed by atoms with Gasteiger partial charge in [0.2, 0.25) is 0 Å². The number of ether oxygens (including phenoxy) is 1. The van der Waals surface area contributed by atoms with E-state index in [9.17, 15) is 0 Å². The molecule has 0 bridgehead atoms. The molecule has 1 aromatic rings. The number of para-hydroxylation sites is 1. The molecule has 1 rings (SSSR count). The van der Waals surface area contributed by atoms with Gasteiger partial charge in [0.25, 0.3) is 0 Å². The Morgan fingerprint density at radius 2 is 2.00 bits per heavy atom. The second kappa shape index (κ2) is 8.85. The lowest BCUT2D eigenvalue weighted by molar-refractivity contribution is 0.228. The average Bonchev–Trinajstić information content (AvgIpc) is 2.44. The Morgan fingerprint density at radius 3 is 2.62 bits per heavy atom. The normalized spacial score (nSPS) is 11.7. The highest BCUT2D eigenvalue weighted by molar-refractivity contribution is 5.33. The Balaban J connectivity index is 2.52. The highest BCUT2D eigenvalue weighted by atomic mass is 16.5. The minimum Gasteiger partial charge on any atom is -0.492 e. The molecule has 21 heavy (non-hydrogen) atoms. The van der Waals surface area contributed by atoms with E-state index in [1.54, 1.807) is 0 Å². The standard InChI is InChI=1S/C18H30N2O/c1-6-12-20(7-2)13-14-21-17-11-9-8-10-16(17)15-19-18(3,4)5/h6,8-11,19H,1,7,12-15H2,2-5H3. The first-order valence-corrected chi connectivity index (χ1v) is 7.75. The predicted octanol–water partition coefficient (Wildman–Crippen LogP) is 3.46. The molecule has 0 saturated heterocycles. The zero-order valence-electron chi connectivity index (χ0n) is 14.0. The largest absolute Gasteiger partial charge is 0.492 e. The number of benzene rings is 1. The molecule has 0 heterocycles. The Hall–Kier alpha value is -1.32. The second-order valence-corrected chi connectivity index (χ2v) is 6.24. The van der Waals surface area contributed by atoms with E-state index in [-0.39, 0.29) is 5.54 Å². The Kier molecular flexibility index (Phi) is 7.48. The molecule has 0 aromatic heterocycles.